The second-order valence-corrected chi connectivity index (χ2v) is 9.44. The predicted octanol–water partition coefficient (Wildman–Crippen LogP) is 3.83. The summed E-state index contributed by atoms with van der Waals surface area (Å²) < 4.78 is 0.959. The SMILES string of the molecule is Cc1cc(NC(=O)CN2C(=O)[C@H](C(=O)N3CCCC3)Sc3ccccc32)ccc1Br. The fourth-order valence-electron chi connectivity index (χ4n) is 3.71. The molecule has 30 heavy (non-hydrogen) atoms. The zero-order valence-electron chi connectivity index (χ0n) is 16.6. The van der Waals surface area contributed by atoms with E-state index in [1.165, 1.54) is 16.7 Å². The van der Waals surface area contributed by atoms with E-state index in [-0.39, 0.29) is 24.3 Å². The number of carbonyl (C=O) groups excluding carboxylic acids is 3. The van der Waals surface area contributed by atoms with Gasteiger partial charge in [-0.05, 0) is 55.7 Å². The molecular weight excluding hydrogens is 466 g/mol. The highest BCUT2D eigenvalue weighted by molar-refractivity contribution is 9.10. The van der Waals surface area contributed by atoms with Gasteiger partial charge < -0.3 is 15.1 Å². The number of para-hydroxylation sites is 1. The minimum atomic E-state index is -0.847. The Kier molecular flexibility index (Phi) is 6.15. The molecule has 0 bridgehead atoms. The van der Waals surface area contributed by atoms with Gasteiger partial charge in [0.1, 0.15) is 6.54 Å². The normalized spacial score (nSPS) is 18.3. The van der Waals surface area contributed by atoms with Crippen molar-refractivity contribution in [2.75, 3.05) is 29.9 Å². The summed E-state index contributed by atoms with van der Waals surface area (Å²) in [5.41, 5.74) is 2.33. The Bertz CT molecular complexity index is 1010. The van der Waals surface area contributed by atoms with Crippen LogP contribution in [0.3, 0.4) is 0 Å². The molecule has 2 aliphatic rings. The van der Waals surface area contributed by atoms with Crippen molar-refractivity contribution in [2.24, 2.45) is 0 Å². The standard InChI is InChI=1S/C22H22BrN3O3S/c1-14-12-15(8-9-16(14)23)24-19(27)13-26-17-6-2-3-7-18(17)30-20(22(26)29)21(28)25-10-4-5-11-25/h2-3,6-9,12,20H,4-5,10-11,13H2,1H3,(H,24,27)/t20-/m0/s1. The van der Waals surface area contributed by atoms with Crippen molar-refractivity contribution in [3.8, 4) is 0 Å². The third-order valence-corrected chi connectivity index (χ3v) is 7.40. The zero-order valence-corrected chi connectivity index (χ0v) is 19.0. The number of amides is 3. The third-order valence-electron chi connectivity index (χ3n) is 5.28. The summed E-state index contributed by atoms with van der Waals surface area (Å²) in [4.78, 5) is 43.0. The quantitative estimate of drug-likeness (QED) is 0.665. The number of benzene rings is 2. The molecule has 2 aromatic rings. The average molecular weight is 488 g/mol. The van der Waals surface area contributed by atoms with Gasteiger partial charge in [-0.3, -0.25) is 14.4 Å². The summed E-state index contributed by atoms with van der Waals surface area (Å²) in [6, 6.07) is 12.9. The van der Waals surface area contributed by atoms with Crippen LogP contribution in [0, 0.1) is 6.92 Å². The summed E-state index contributed by atoms with van der Waals surface area (Å²) in [6.07, 6.45) is 1.93. The average Bonchev–Trinajstić information content (AvgIpc) is 3.27. The molecule has 0 aliphatic carbocycles. The van der Waals surface area contributed by atoms with Gasteiger partial charge in [-0.25, -0.2) is 0 Å². The van der Waals surface area contributed by atoms with E-state index in [0.29, 0.717) is 24.5 Å². The maximum atomic E-state index is 13.2. The Morgan fingerprint density at radius 1 is 1.17 bits per heavy atom. The van der Waals surface area contributed by atoms with Crippen LogP contribution < -0.4 is 10.2 Å². The second-order valence-electron chi connectivity index (χ2n) is 7.43. The maximum Gasteiger partial charge on any atom is 0.250 e. The minimum Gasteiger partial charge on any atom is -0.341 e. The molecule has 2 aliphatic heterocycles. The van der Waals surface area contributed by atoms with Crippen LogP contribution in [0.15, 0.2) is 51.8 Å². The number of aryl methyl sites for hydroxylation is 1. The Labute approximate surface area is 188 Å². The summed E-state index contributed by atoms with van der Waals surface area (Å²) >= 11 is 4.72. The Balaban J connectivity index is 1.55. The van der Waals surface area contributed by atoms with E-state index < -0.39 is 5.25 Å². The minimum absolute atomic E-state index is 0.144. The number of thioether (sulfide) groups is 1. The van der Waals surface area contributed by atoms with Crippen LogP contribution in [0.5, 0.6) is 0 Å². The van der Waals surface area contributed by atoms with Crippen LogP contribution in [0.2, 0.25) is 0 Å². The van der Waals surface area contributed by atoms with E-state index in [2.05, 4.69) is 21.2 Å². The van der Waals surface area contributed by atoms with E-state index in [4.69, 9.17) is 0 Å². The molecule has 4 rings (SSSR count). The lowest BCUT2D eigenvalue weighted by atomic mass is 10.2. The van der Waals surface area contributed by atoms with Crippen molar-refractivity contribution in [2.45, 2.75) is 29.9 Å². The number of hydrogen-bond donors (Lipinski definition) is 1. The van der Waals surface area contributed by atoms with Crippen molar-refractivity contribution < 1.29 is 14.4 Å². The van der Waals surface area contributed by atoms with E-state index >= 15 is 0 Å². The molecule has 0 aromatic heterocycles. The number of anilines is 2. The topological polar surface area (TPSA) is 69.7 Å². The lowest BCUT2D eigenvalue weighted by molar-refractivity contribution is -0.134. The van der Waals surface area contributed by atoms with Crippen molar-refractivity contribution in [3.05, 3.63) is 52.5 Å². The molecule has 1 N–H and O–H groups in total. The highest BCUT2D eigenvalue weighted by Crippen LogP contribution is 2.40. The van der Waals surface area contributed by atoms with Crippen LogP contribution in [-0.4, -0.2) is 47.5 Å². The Morgan fingerprint density at radius 3 is 2.63 bits per heavy atom. The second kappa shape index (κ2) is 8.81. The third kappa shape index (κ3) is 4.25. The molecule has 1 saturated heterocycles. The number of carbonyl (C=O) groups is 3. The van der Waals surface area contributed by atoms with Gasteiger partial charge in [0.25, 0.3) is 5.91 Å². The molecule has 156 valence electrons. The van der Waals surface area contributed by atoms with Gasteiger partial charge in [-0.2, -0.15) is 0 Å². The van der Waals surface area contributed by atoms with Gasteiger partial charge in [0, 0.05) is 28.1 Å². The number of nitrogens with zero attached hydrogens (tertiary/aromatic N) is 2. The summed E-state index contributed by atoms with van der Waals surface area (Å²) in [6.45, 7) is 3.17. The van der Waals surface area contributed by atoms with Crippen LogP contribution >= 0.6 is 27.7 Å². The fourth-order valence-corrected chi connectivity index (χ4v) is 5.14. The first-order chi connectivity index (χ1) is 14.4. The lowest BCUT2D eigenvalue weighted by Crippen LogP contribution is -2.51. The van der Waals surface area contributed by atoms with Crippen molar-refractivity contribution >= 4 is 56.8 Å². The summed E-state index contributed by atoms with van der Waals surface area (Å²) in [5, 5.41) is 2.01. The van der Waals surface area contributed by atoms with Gasteiger partial charge in [-0.1, -0.05) is 28.1 Å². The fraction of sp³-hybridized carbons (Fsp3) is 0.318. The zero-order chi connectivity index (χ0) is 21.3. The molecule has 0 spiro atoms. The van der Waals surface area contributed by atoms with Crippen LogP contribution in [0.1, 0.15) is 18.4 Å². The summed E-state index contributed by atoms with van der Waals surface area (Å²) in [5.74, 6) is -0.803. The van der Waals surface area contributed by atoms with E-state index in [1.54, 1.807) is 11.0 Å². The lowest BCUT2D eigenvalue weighted by Gasteiger charge is -2.34. The molecule has 3 amide bonds. The van der Waals surface area contributed by atoms with Gasteiger partial charge in [-0.15, -0.1) is 11.8 Å². The molecular formula is C22H22BrN3O3S. The largest absolute Gasteiger partial charge is 0.341 e. The first-order valence-electron chi connectivity index (χ1n) is 9.86. The molecule has 0 unspecified atom stereocenters. The van der Waals surface area contributed by atoms with E-state index in [1.807, 2.05) is 43.3 Å². The number of halogens is 1. The Hall–Kier alpha value is -2.32. The number of likely N-dealkylation sites (tertiary alicyclic amines) is 1. The van der Waals surface area contributed by atoms with Gasteiger partial charge in [0.05, 0.1) is 5.69 Å². The molecule has 0 radical (unpaired) electrons. The molecule has 1 fully saturated rings. The highest BCUT2D eigenvalue weighted by Gasteiger charge is 2.41. The molecule has 8 heteroatoms. The monoisotopic (exact) mass is 487 g/mol. The van der Waals surface area contributed by atoms with Crippen molar-refractivity contribution in [1.82, 2.24) is 4.90 Å². The molecule has 2 aromatic carbocycles. The molecule has 6 nitrogen and oxygen atoms in total. The predicted molar refractivity (Wildman–Crippen MR) is 122 cm³/mol. The van der Waals surface area contributed by atoms with Crippen LogP contribution in [-0.2, 0) is 14.4 Å². The first-order valence-corrected chi connectivity index (χ1v) is 11.5. The van der Waals surface area contributed by atoms with Crippen LogP contribution in [0.4, 0.5) is 11.4 Å². The number of fused-ring (bicyclic) bond motifs is 1. The van der Waals surface area contributed by atoms with Gasteiger partial charge >= 0.3 is 0 Å². The van der Waals surface area contributed by atoms with Gasteiger partial charge in [0.15, 0.2) is 5.25 Å². The maximum absolute atomic E-state index is 13.2. The van der Waals surface area contributed by atoms with E-state index in [9.17, 15) is 14.4 Å². The molecule has 0 saturated carbocycles. The first kappa shape index (κ1) is 20.9. The van der Waals surface area contributed by atoms with Crippen molar-refractivity contribution in [1.29, 1.82) is 0 Å². The number of rotatable bonds is 4. The van der Waals surface area contributed by atoms with Crippen LogP contribution in [0.25, 0.3) is 0 Å². The van der Waals surface area contributed by atoms with E-state index in [0.717, 1.165) is 27.8 Å². The number of nitrogens with one attached hydrogen (secondary N) is 1. The highest BCUT2D eigenvalue weighted by atomic mass is 79.9. The number of hydrogen-bond acceptors (Lipinski definition) is 4. The Morgan fingerprint density at radius 2 is 1.90 bits per heavy atom. The molecule has 2 heterocycles. The van der Waals surface area contributed by atoms with Crippen molar-refractivity contribution in [3.63, 3.8) is 0 Å². The van der Waals surface area contributed by atoms with Gasteiger partial charge in [0.2, 0.25) is 11.8 Å². The smallest absolute Gasteiger partial charge is 0.250 e. The molecule has 1 atom stereocenters. The summed E-state index contributed by atoms with van der Waals surface area (Å²) in [7, 11) is 0.